The predicted molar refractivity (Wildman–Crippen MR) is 183 cm³/mol. The Morgan fingerprint density at radius 1 is 0.646 bits per heavy atom. The van der Waals surface area contributed by atoms with Crippen LogP contribution in [0.1, 0.15) is 69.6 Å². The van der Waals surface area contributed by atoms with Gasteiger partial charge in [-0.15, -0.1) is 0 Å². The zero-order valence-electron chi connectivity index (χ0n) is 28.7. The molecule has 1 aromatic heterocycles. The van der Waals surface area contributed by atoms with Crippen LogP contribution >= 0.6 is 0 Å². The minimum Gasteiger partial charge on any atom is -0.507 e. The zero-order valence-corrected chi connectivity index (χ0v) is 28.7. The Hall–Kier alpha value is -5.06. The van der Waals surface area contributed by atoms with E-state index >= 15 is 0 Å². The molecular formula is C37H45N3O8. The lowest BCUT2D eigenvalue weighted by atomic mass is 10.0. The number of nitrogens with zero attached hydrogens (tertiary/aromatic N) is 3. The highest BCUT2D eigenvalue weighted by molar-refractivity contribution is 5.77. The average molecular weight is 660 g/mol. The van der Waals surface area contributed by atoms with Crippen molar-refractivity contribution < 1.29 is 39.1 Å². The summed E-state index contributed by atoms with van der Waals surface area (Å²) in [7, 11) is 1.27. The molecule has 0 aliphatic carbocycles. The minimum absolute atomic E-state index is 0.0613. The quantitative estimate of drug-likeness (QED) is 0.0854. The number of benzene rings is 3. The number of rotatable bonds is 15. The SMILES string of the molecule is CCCCCCOc1ccc(-c2nc(-c3ccc(OCCC)c(C)c3O)nc(-c3ccc(OC(C)C(=O)OC)c(C)c3O)n2)c(O)c1C. The first kappa shape index (κ1) is 35.8. The number of esters is 1. The lowest BCUT2D eigenvalue weighted by Gasteiger charge is -2.17. The van der Waals surface area contributed by atoms with Gasteiger partial charge in [0.05, 0.1) is 37.0 Å². The summed E-state index contributed by atoms with van der Waals surface area (Å²) < 4.78 is 22.2. The summed E-state index contributed by atoms with van der Waals surface area (Å²) in [4.78, 5) is 25.9. The molecule has 48 heavy (non-hydrogen) atoms. The minimum atomic E-state index is -0.903. The third-order valence-electron chi connectivity index (χ3n) is 8.06. The molecule has 256 valence electrons. The third kappa shape index (κ3) is 7.90. The number of carbonyl (C=O) groups excluding carboxylic acids is 1. The number of carbonyl (C=O) groups is 1. The largest absolute Gasteiger partial charge is 0.507 e. The second-order valence-electron chi connectivity index (χ2n) is 11.6. The molecule has 0 bridgehead atoms. The molecule has 3 aromatic carbocycles. The number of ether oxygens (including phenoxy) is 4. The summed E-state index contributed by atoms with van der Waals surface area (Å²) in [5.74, 6) is 0.816. The first-order valence-corrected chi connectivity index (χ1v) is 16.3. The number of phenolic OH excluding ortho intramolecular Hbond substituents is 3. The maximum Gasteiger partial charge on any atom is 0.346 e. The van der Waals surface area contributed by atoms with E-state index in [1.807, 2.05) is 6.92 Å². The van der Waals surface area contributed by atoms with E-state index in [0.29, 0.717) is 52.5 Å². The summed E-state index contributed by atoms with van der Waals surface area (Å²) in [6.45, 7) is 11.9. The van der Waals surface area contributed by atoms with Crippen LogP contribution in [0.5, 0.6) is 34.5 Å². The standard InChI is InChI=1S/C37H45N3O8/c1-8-10-11-12-20-47-29-17-14-26(32(42)22(29)4)35-38-34(25-13-16-28(46-19-9-2)21(3)31(25)41)39-36(40-35)27-15-18-30(23(5)33(27)43)48-24(6)37(44)45-7/h13-18,24,41-43H,8-12,19-20H2,1-7H3. The Kier molecular flexibility index (Phi) is 12.1. The van der Waals surface area contributed by atoms with Crippen LogP contribution in [-0.4, -0.2) is 62.7 Å². The lowest BCUT2D eigenvalue weighted by Crippen LogP contribution is -2.25. The smallest absolute Gasteiger partial charge is 0.346 e. The van der Waals surface area contributed by atoms with Crippen LogP contribution in [-0.2, 0) is 9.53 Å². The van der Waals surface area contributed by atoms with Crippen LogP contribution in [0.2, 0.25) is 0 Å². The molecule has 0 saturated carbocycles. The van der Waals surface area contributed by atoms with E-state index in [1.165, 1.54) is 7.11 Å². The second kappa shape index (κ2) is 16.2. The summed E-state index contributed by atoms with van der Waals surface area (Å²) in [6.07, 6.45) is 4.15. The Labute approximate surface area is 281 Å². The van der Waals surface area contributed by atoms with Crippen molar-refractivity contribution in [1.29, 1.82) is 0 Å². The van der Waals surface area contributed by atoms with Gasteiger partial charge >= 0.3 is 5.97 Å². The fourth-order valence-corrected chi connectivity index (χ4v) is 5.09. The third-order valence-corrected chi connectivity index (χ3v) is 8.06. The number of aromatic nitrogens is 3. The average Bonchev–Trinajstić information content (AvgIpc) is 3.08. The molecule has 11 heteroatoms. The number of methoxy groups -OCH3 is 1. The molecule has 0 spiro atoms. The number of hydrogen-bond donors (Lipinski definition) is 3. The van der Waals surface area contributed by atoms with Crippen molar-refractivity contribution in [3.05, 3.63) is 53.1 Å². The van der Waals surface area contributed by atoms with Gasteiger partial charge in [0.25, 0.3) is 0 Å². The molecule has 0 radical (unpaired) electrons. The van der Waals surface area contributed by atoms with Crippen LogP contribution in [0.15, 0.2) is 36.4 Å². The van der Waals surface area contributed by atoms with E-state index < -0.39 is 12.1 Å². The Morgan fingerprint density at radius 3 is 1.52 bits per heavy atom. The van der Waals surface area contributed by atoms with Crippen molar-refractivity contribution in [2.45, 2.75) is 79.8 Å². The van der Waals surface area contributed by atoms with Gasteiger partial charge in [0.2, 0.25) is 0 Å². The number of hydrogen-bond acceptors (Lipinski definition) is 11. The van der Waals surface area contributed by atoms with Crippen molar-refractivity contribution in [2.75, 3.05) is 20.3 Å². The molecule has 1 unspecified atom stereocenters. The van der Waals surface area contributed by atoms with E-state index in [9.17, 15) is 20.1 Å². The predicted octanol–water partition coefficient (Wildman–Crippen LogP) is 7.60. The zero-order chi connectivity index (χ0) is 35.0. The molecule has 4 aromatic rings. The Morgan fingerprint density at radius 2 is 1.08 bits per heavy atom. The Bertz CT molecular complexity index is 1760. The van der Waals surface area contributed by atoms with E-state index in [0.717, 1.165) is 32.1 Å². The molecule has 0 aliphatic heterocycles. The van der Waals surface area contributed by atoms with Crippen LogP contribution in [0.3, 0.4) is 0 Å². The van der Waals surface area contributed by atoms with Crippen LogP contribution in [0.25, 0.3) is 34.2 Å². The maximum atomic E-state index is 11.9. The number of unbranched alkanes of at least 4 members (excludes halogenated alkanes) is 3. The van der Waals surface area contributed by atoms with Gasteiger partial charge in [-0.2, -0.15) is 0 Å². The van der Waals surface area contributed by atoms with E-state index in [1.54, 1.807) is 64.1 Å². The monoisotopic (exact) mass is 659 g/mol. The molecular weight excluding hydrogens is 614 g/mol. The van der Waals surface area contributed by atoms with Gasteiger partial charge < -0.3 is 34.3 Å². The summed E-state index contributed by atoms with van der Waals surface area (Å²) in [5, 5.41) is 33.9. The maximum absolute atomic E-state index is 11.9. The molecule has 1 heterocycles. The molecule has 0 saturated heterocycles. The van der Waals surface area contributed by atoms with Crippen LogP contribution < -0.4 is 14.2 Å². The highest BCUT2D eigenvalue weighted by atomic mass is 16.6. The summed E-state index contributed by atoms with van der Waals surface area (Å²) in [6, 6.07) is 10.0. The first-order chi connectivity index (χ1) is 23.0. The van der Waals surface area contributed by atoms with Gasteiger partial charge in [0, 0.05) is 16.7 Å². The van der Waals surface area contributed by atoms with E-state index in [-0.39, 0.29) is 46.0 Å². The fourth-order valence-electron chi connectivity index (χ4n) is 5.09. The molecule has 11 nitrogen and oxygen atoms in total. The van der Waals surface area contributed by atoms with Gasteiger partial charge in [-0.05, 0) is 76.9 Å². The molecule has 0 amide bonds. The van der Waals surface area contributed by atoms with Crippen molar-refractivity contribution in [2.24, 2.45) is 0 Å². The summed E-state index contributed by atoms with van der Waals surface area (Å²) in [5.41, 5.74) is 2.27. The normalized spacial score (nSPS) is 11.6. The van der Waals surface area contributed by atoms with Crippen LogP contribution in [0.4, 0.5) is 0 Å². The second-order valence-corrected chi connectivity index (χ2v) is 11.6. The Balaban J connectivity index is 1.84. The molecule has 1 atom stereocenters. The van der Waals surface area contributed by atoms with Crippen molar-refractivity contribution in [1.82, 2.24) is 15.0 Å². The van der Waals surface area contributed by atoms with Crippen molar-refractivity contribution in [3.63, 3.8) is 0 Å². The molecule has 0 aliphatic rings. The van der Waals surface area contributed by atoms with E-state index in [2.05, 4.69) is 21.9 Å². The first-order valence-electron chi connectivity index (χ1n) is 16.3. The van der Waals surface area contributed by atoms with Gasteiger partial charge in [-0.1, -0.05) is 33.1 Å². The van der Waals surface area contributed by atoms with Crippen molar-refractivity contribution >= 4 is 5.97 Å². The summed E-state index contributed by atoms with van der Waals surface area (Å²) >= 11 is 0. The van der Waals surface area contributed by atoms with Gasteiger partial charge in [0.1, 0.15) is 34.5 Å². The highest BCUT2D eigenvalue weighted by Gasteiger charge is 2.24. The fraction of sp³-hybridized carbons (Fsp3) is 0.405. The van der Waals surface area contributed by atoms with Crippen LogP contribution in [0, 0.1) is 20.8 Å². The molecule has 4 rings (SSSR count). The molecule has 3 N–H and O–H groups in total. The van der Waals surface area contributed by atoms with E-state index in [4.69, 9.17) is 18.9 Å². The van der Waals surface area contributed by atoms with Crippen molar-refractivity contribution in [3.8, 4) is 68.7 Å². The van der Waals surface area contributed by atoms with Gasteiger partial charge in [-0.25, -0.2) is 19.7 Å². The highest BCUT2D eigenvalue weighted by Crippen LogP contribution is 2.42. The van der Waals surface area contributed by atoms with Gasteiger partial charge in [-0.3, -0.25) is 0 Å². The van der Waals surface area contributed by atoms with Gasteiger partial charge in [0.15, 0.2) is 23.6 Å². The number of phenols is 3. The number of aromatic hydroxyl groups is 3. The molecule has 0 fully saturated rings. The topological polar surface area (TPSA) is 153 Å². The lowest BCUT2D eigenvalue weighted by molar-refractivity contribution is -0.147.